The smallest absolute Gasteiger partial charge is 0.298 e. The number of hydrogen-bond donors (Lipinski definition) is 4. The summed E-state index contributed by atoms with van der Waals surface area (Å²) in [5.74, 6) is 0.189. The molecule has 0 saturated heterocycles. The standard InChI is InChI=1S/C51H34N4O8S2/c52-32-11-15-36-38-17-13-34(24-44(38)54-50(42(36)22-32)28-7-3-1-4-8-28)62-46-20-30-19-31-21-47(49(65(59,60)61)27-41(31)40(30)26-48(46)64(56,57)58)63-35-14-18-39-37-16-12-33(53)23-43(37)51(55-45(39)25-35)29-9-5-2-6-10-29/h1-18,20-27H,19,52-53H2,(H,56,57,58)(H,59,60,61). The molecule has 2 heterocycles. The Bertz CT molecular complexity index is 3630. The molecule has 0 radical (unpaired) electrons. The van der Waals surface area contributed by atoms with Crippen LogP contribution in [0.4, 0.5) is 11.4 Å². The van der Waals surface area contributed by atoms with Gasteiger partial charge in [0.1, 0.15) is 32.8 Å². The number of nitrogens with two attached hydrogens (primary N) is 2. The van der Waals surface area contributed by atoms with E-state index < -0.39 is 30.0 Å². The number of fused-ring (bicyclic) bond motifs is 9. The van der Waals surface area contributed by atoms with E-state index in [1.807, 2.05) is 109 Å². The third-order valence-electron chi connectivity index (χ3n) is 11.7. The summed E-state index contributed by atoms with van der Waals surface area (Å²) in [4.78, 5) is 8.90. The first-order chi connectivity index (χ1) is 31.2. The van der Waals surface area contributed by atoms with Crippen LogP contribution >= 0.6 is 0 Å². The molecular weight excluding hydrogens is 861 g/mol. The average molecular weight is 895 g/mol. The van der Waals surface area contributed by atoms with Crippen molar-refractivity contribution in [3.05, 3.63) is 169 Å². The fourth-order valence-electron chi connectivity index (χ4n) is 8.79. The van der Waals surface area contributed by atoms with Crippen LogP contribution in [0, 0.1) is 0 Å². The van der Waals surface area contributed by atoms with Gasteiger partial charge >= 0.3 is 0 Å². The van der Waals surface area contributed by atoms with Crippen molar-refractivity contribution in [3.63, 3.8) is 0 Å². The van der Waals surface area contributed by atoms with E-state index in [0.29, 0.717) is 56.0 Å². The Morgan fingerprint density at radius 1 is 0.446 bits per heavy atom. The topological polar surface area (TPSA) is 205 Å². The van der Waals surface area contributed by atoms with Crippen LogP contribution in [0.25, 0.3) is 77.0 Å². The molecule has 0 fully saturated rings. The van der Waals surface area contributed by atoms with Crippen molar-refractivity contribution in [1.29, 1.82) is 0 Å². The van der Waals surface area contributed by atoms with Crippen molar-refractivity contribution in [2.45, 2.75) is 16.2 Å². The van der Waals surface area contributed by atoms with Crippen molar-refractivity contribution < 1.29 is 35.4 Å². The van der Waals surface area contributed by atoms with Crippen LogP contribution in [0.2, 0.25) is 0 Å². The number of rotatable bonds is 8. The monoisotopic (exact) mass is 894 g/mol. The second-order valence-electron chi connectivity index (χ2n) is 15.9. The molecule has 0 atom stereocenters. The van der Waals surface area contributed by atoms with Gasteiger partial charge in [-0.25, -0.2) is 9.97 Å². The van der Waals surface area contributed by atoms with Gasteiger partial charge in [0.15, 0.2) is 0 Å². The van der Waals surface area contributed by atoms with Crippen molar-refractivity contribution in [2.24, 2.45) is 0 Å². The zero-order chi connectivity index (χ0) is 44.8. The summed E-state index contributed by atoms with van der Waals surface area (Å²) in [5.41, 5.74) is 19.7. The molecule has 11 rings (SSSR count). The maximum Gasteiger partial charge on any atom is 0.298 e. The fourth-order valence-corrected chi connectivity index (χ4v) is 10.0. The SMILES string of the molecule is Nc1ccc2c(c1)c(-c1ccccc1)nc1cc(Oc3cc4c(cc3S(=O)(=O)O)-c3cc(S(=O)(=O)O)c(Oc5ccc6c(c5)nc(-c5ccccc5)c5cc(N)ccc56)cc3C4)ccc12. The van der Waals surface area contributed by atoms with Gasteiger partial charge in [-0.05, 0) is 112 Å². The molecule has 0 saturated carbocycles. The summed E-state index contributed by atoms with van der Waals surface area (Å²) in [6.07, 6.45) is 0.207. The molecular formula is C51H34N4O8S2. The Kier molecular flexibility index (Phi) is 9.13. The quantitative estimate of drug-likeness (QED) is 0.0639. The second kappa shape index (κ2) is 14.9. The molecule has 8 aromatic carbocycles. The van der Waals surface area contributed by atoms with E-state index >= 15 is 0 Å². The van der Waals surface area contributed by atoms with E-state index in [1.165, 1.54) is 24.3 Å². The number of pyridine rings is 2. The lowest BCUT2D eigenvalue weighted by atomic mass is 9.99. The lowest BCUT2D eigenvalue weighted by molar-refractivity contribution is 0.448. The van der Waals surface area contributed by atoms with Crippen molar-refractivity contribution >= 4 is 75.0 Å². The van der Waals surface area contributed by atoms with Gasteiger partial charge in [0.25, 0.3) is 20.2 Å². The van der Waals surface area contributed by atoms with Gasteiger partial charge in [-0.1, -0.05) is 72.8 Å². The molecule has 14 heteroatoms. The van der Waals surface area contributed by atoms with Gasteiger partial charge in [-0.15, -0.1) is 0 Å². The minimum atomic E-state index is -4.90. The molecule has 2 aromatic heterocycles. The molecule has 12 nitrogen and oxygen atoms in total. The van der Waals surface area contributed by atoms with Crippen LogP contribution in [-0.2, 0) is 26.7 Å². The third kappa shape index (κ3) is 7.10. The summed E-state index contributed by atoms with van der Waals surface area (Å²) in [6.45, 7) is 0. The third-order valence-corrected chi connectivity index (χ3v) is 13.4. The molecule has 0 amide bonds. The molecule has 65 heavy (non-hydrogen) atoms. The predicted molar refractivity (Wildman–Crippen MR) is 253 cm³/mol. The first-order valence-corrected chi connectivity index (χ1v) is 23.1. The predicted octanol–water partition coefficient (Wildman–Crippen LogP) is 11.2. The first kappa shape index (κ1) is 39.9. The van der Waals surface area contributed by atoms with E-state index in [1.54, 1.807) is 24.3 Å². The van der Waals surface area contributed by atoms with E-state index in [0.717, 1.165) is 43.4 Å². The zero-order valence-electron chi connectivity index (χ0n) is 33.9. The minimum Gasteiger partial charge on any atom is -0.456 e. The molecule has 0 spiro atoms. The Balaban J connectivity index is 0.974. The van der Waals surface area contributed by atoms with Crippen molar-refractivity contribution in [3.8, 4) is 56.6 Å². The van der Waals surface area contributed by atoms with Crippen LogP contribution in [0.1, 0.15) is 11.1 Å². The number of ether oxygens (including phenoxy) is 2. The lowest BCUT2D eigenvalue weighted by Crippen LogP contribution is -2.03. The average Bonchev–Trinajstić information content (AvgIpc) is 3.63. The summed E-state index contributed by atoms with van der Waals surface area (Å²) in [7, 11) is -9.79. The van der Waals surface area contributed by atoms with E-state index in [4.69, 9.17) is 30.9 Å². The molecule has 10 aromatic rings. The highest BCUT2D eigenvalue weighted by molar-refractivity contribution is 7.86. The Morgan fingerprint density at radius 2 is 0.846 bits per heavy atom. The maximum atomic E-state index is 13.0. The van der Waals surface area contributed by atoms with E-state index in [2.05, 4.69) is 0 Å². The molecule has 1 aliphatic rings. The van der Waals surface area contributed by atoms with Crippen LogP contribution in [-0.4, -0.2) is 35.9 Å². The van der Waals surface area contributed by atoms with Crippen LogP contribution in [0.3, 0.4) is 0 Å². The number of nitrogen functional groups attached to an aromatic ring is 2. The van der Waals surface area contributed by atoms with Crippen LogP contribution in [0.15, 0.2) is 168 Å². The largest absolute Gasteiger partial charge is 0.456 e. The molecule has 6 N–H and O–H groups in total. The van der Waals surface area contributed by atoms with Crippen molar-refractivity contribution in [2.75, 3.05) is 11.5 Å². The number of hydrogen-bond acceptors (Lipinski definition) is 10. The van der Waals surface area contributed by atoms with Gasteiger partial charge in [-0.3, -0.25) is 9.11 Å². The highest BCUT2D eigenvalue weighted by Crippen LogP contribution is 2.47. The second-order valence-corrected chi connectivity index (χ2v) is 18.6. The van der Waals surface area contributed by atoms with Gasteiger partial charge in [0.2, 0.25) is 0 Å². The van der Waals surface area contributed by atoms with E-state index in [-0.39, 0.29) is 29.4 Å². The van der Waals surface area contributed by atoms with Crippen molar-refractivity contribution in [1.82, 2.24) is 9.97 Å². The molecule has 318 valence electrons. The first-order valence-electron chi connectivity index (χ1n) is 20.3. The number of anilines is 2. The lowest BCUT2D eigenvalue weighted by Gasteiger charge is -2.15. The number of aromatic nitrogens is 2. The Labute approximate surface area is 371 Å². The molecule has 0 bridgehead atoms. The molecule has 0 aliphatic heterocycles. The van der Waals surface area contributed by atoms with Crippen LogP contribution < -0.4 is 20.9 Å². The Hall–Kier alpha value is -7.88. The fraction of sp³-hybridized carbons (Fsp3) is 0.0196. The van der Waals surface area contributed by atoms with Crippen LogP contribution in [0.5, 0.6) is 23.0 Å². The molecule has 1 aliphatic carbocycles. The summed E-state index contributed by atoms with van der Waals surface area (Å²) in [6, 6.07) is 46.4. The highest BCUT2D eigenvalue weighted by Gasteiger charge is 2.30. The van der Waals surface area contributed by atoms with Gasteiger partial charge in [0, 0.05) is 56.2 Å². The normalized spacial score (nSPS) is 12.5. The summed E-state index contributed by atoms with van der Waals surface area (Å²) >= 11 is 0. The zero-order valence-corrected chi connectivity index (χ0v) is 35.6. The van der Waals surface area contributed by atoms with Gasteiger partial charge in [0.05, 0.1) is 22.4 Å². The molecule has 0 unspecified atom stereocenters. The van der Waals surface area contributed by atoms with Gasteiger partial charge < -0.3 is 20.9 Å². The summed E-state index contributed by atoms with van der Waals surface area (Å²) in [5, 5.41) is 5.17. The Morgan fingerprint density at radius 3 is 1.25 bits per heavy atom. The van der Waals surface area contributed by atoms with E-state index in [9.17, 15) is 25.9 Å². The highest BCUT2D eigenvalue weighted by atomic mass is 32.2. The minimum absolute atomic E-state index is 0.157. The number of benzene rings is 8. The number of nitrogens with zero attached hydrogens (tertiary/aromatic N) is 2. The maximum absolute atomic E-state index is 13.0. The summed E-state index contributed by atoms with van der Waals surface area (Å²) < 4.78 is 85.5. The van der Waals surface area contributed by atoms with Gasteiger partial charge in [-0.2, -0.15) is 16.8 Å².